The van der Waals surface area contributed by atoms with Crippen LogP contribution in [0.25, 0.3) is 6.08 Å². The first kappa shape index (κ1) is 23.9. The zero-order valence-electron chi connectivity index (χ0n) is 17.9. The fraction of sp³-hybridized carbons (Fsp3) is 0.125. The van der Waals surface area contributed by atoms with Crippen molar-refractivity contribution in [3.63, 3.8) is 0 Å². The van der Waals surface area contributed by atoms with Crippen LogP contribution in [0, 0.1) is 20.2 Å². The highest BCUT2D eigenvalue weighted by Gasteiger charge is 2.24. The van der Waals surface area contributed by atoms with Crippen LogP contribution < -0.4 is 9.47 Å². The number of benzene rings is 3. The highest BCUT2D eigenvalue weighted by atomic mass is 16.7. The van der Waals surface area contributed by atoms with Crippen LogP contribution in [0.15, 0.2) is 78.9 Å². The lowest BCUT2D eigenvalue weighted by atomic mass is 9.98. The SMILES string of the molecule is CC(c1cccc(C=CC(=O)O)c1)C(Oc1ccc([N+](=O)[O-])cc1)Oc1ccc([N+](=O)[O-])cc1. The molecule has 1 unspecified atom stereocenters. The third kappa shape index (κ3) is 6.39. The van der Waals surface area contributed by atoms with Crippen LogP contribution in [0.1, 0.15) is 24.0 Å². The van der Waals surface area contributed by atoms with E-state index in [2.05, 4.69) is 0 Å². The molecule has 3 aromatic carbocycles. The molecule has 0 bridgehead atoms. The minimum atomic E-state index is -1.07. The van der Waals surface area contributed by atoms with E-state index in [0.29, 0.717) is 17.1 Å². The van der Waals surface area contributed by atoms with Crippen LogP contribution in [-0.2, 0) is 4.79 Å². The molecule has 1 atom stereocenters. The van der Waals surface area contributed by atoms with E-state index in [1.807, 2.05) is 13.0 Å². The van der Waals surface area contributed by atoms with E-state index in [9.17, 15) is 25.0 Å². The minimum Gasteiger partial charge on any atom is -0.478 e. The average molecular weight is 464 g/mol. The zero-order chi connectivity index (χ0) is 24.7. The third-order valence-electron chi connectivity index (χ3n) is 4.86. The Hall–Kier alpha value is -4.73. The van der Waals surface area contributed by atoms with Crippen molar-refractivity contribution >= 4 is 23.4 Å². The number of ether oxygens (including phenoxy) is 2. The fourth-order valence-electron chi connectivity index (χ4n) is 3.06. The van der Waals surface area contributed by atoms with Gasteiger partial charge in [0, 0.05) is 30.3 Å². The van der Waals surface area contributed by atoms with E-state index in [-0.39, 0.29) is 17.3 Å². The molecular formula is C24H20N2O8. The number of hydrogen-bond acceptors (Lipinski definition) is 7. The Morgan fingerprint density at radius 2 is 1.38 bits per heavy atom. The van der Waals surface area contributed by atoms with E-state index in [4.69, 9.17) is 14.6 Å². The van der Waals surface area contributed by atoms with Crippen LogP contribution in [0.2, 0.25) is 0 Å². The molecule has 0 spiro atoms. The summed E-state index contributed by atoms with van der Waals surface area (Å²) in [5, 5.41) is 30.7. The highest BCUT2D eigenvalue weighted by Crippen LogP contribution is 2.29. The third-order valence-corrected chi connectivity index (χ3v) is 4.86. The second-order valence-corrected chi connectivity index (χ2v) is 7.24. The molecule has 0 aliphatic rings. The second kappa shape index (κ2) is 10.7. The van der Waals surface area contributed by atoms with Crippen molar-refractivity contribution in [2.75, 3.05) is 0 Å². The summed E-state index contributed by atoms with van der Waals surface area (Å²) in [5.41, 5.74) is 1.26. The number of aliphatic carboxylic acids is 1. The van der Waals surface area contributed by atoms with Gasteiger partial charge in [-0.05, 0) is 41.5 Å². The second-order valence-electron chi connectivity index (χ2n) is 7.24. The van der Waals surface area contributed by atoms with Crippen molar-refractivity contribution in [2.24, 2.45) is 0 Å². The van der Waals surface area contributed by atoms with Crippen LogP contribution in [0.3, 0.4) is 0 Å². The molecule has 0 aromatic heterocycles. The maximum atomic E-state index is 10.9. The Bertz CT molecular complexity index is 1150. The van der Waals surface area contributed by atoms with E-state index in [1.54, 1.807) is 18.2 Å². The number of nitro benzene ring substituents is 2. The quantitative estimate of drug-likeness (QED) is 0.187. The number of hydrogen-bond donors (Lipinski definition) is 1. The Balaban J connectivity index is 1.89. The van der Waals surface area contributed by atoms with E-state index in [0.717, 1.165) is 11.6 Å². The molecule has 0 radical (unpaired) electrons. The van der Waals surface area contributed by atoms with Crippen LogP contribution in [0.5, 0.6) is 11.5 Å². The molecule has 0 fully saturated rings. The van der Waals surface area contributed by atoms with Gasteiger partial charge in [-0.3, -0.25) is 20.2 Å². The summed E-state index contributed by atoms with van der Waals surface area (Å²) in [4.78, 5) is 31.6. The number of carbonyl (C=O) groups is 1. The van der Waals surface area contributed by atoms with E-state index < -0.39 is 22.1 Å². The summed E-state index contributed by atoms with van der Waals surface area (Å²) in [7, 11) is 0. The van der Waals surface area contributed by atoms with Gasteiger partial charge >= 0.3 is 5.97 Å². The number of non-ortho nitro benzene ring substituents is 2. The summed E-state index contributed by atoms with van der Waals surface area (Å²) in [5.74, 6) is -0.805. The number of nitrogens with zero attached hydrogens (tertiary/aromatic N) is 2. The van der Waals surface area contributed by atoms with Crippen LogP contribution >= 0.6 is 0 Å². The van der Waals surface area contributed by atoms with Crippen molar-refractivity contribution in [1.29, 1.82) is 0 Å². The number of nitro groups is 2. The van der Waals surface area contributed by atoms with Gasteiger partial charge in [-0.1, -0.05) is 31.2 Å². The monoisotopic (exact) mass is 464 g/mol. The van der Waals surface area contributed by atoms with Gasteiger partial charge in [0.2, 0.25) is 6.29 Å². The molecule has 0 saturated heterocycles. The van der Waals surface area contributed by atoms with Gasteiger partial charge in [-0.25, -0.2) is 4.79 Å². The molecular weight excluding hydrogens is 444 g/mol. The first-order valence-corrected chi connectivity index (χ1v) is 10.1. The summed E-state index contributed by atoms with van der Waals surface area (Å²) in [6.45, 7) is 1.83. The van der Waals surface area contributed by atoms with E-state index >= 15 is 0 Å². The molecule has 0 aliphatic heterocycles. The molecule has 0 aliphatic carbocycles. The molecule has 0 saturated carbocycles. The first-order valence-electron chi connectivity index (χ1n) is 10.1. The molecule has 10 nitrogen and oxygen atoms in total. The van der Waals surface area contributed by atoms with Crippen molar-refractivity contribution in [3.05, 3.63) is 110 Å². The Morgan fingerprint density at radius 1 is 0.882 bits per heavy atom. The van der Waals surface area contributed by atoms with Gasteiger partial charge in [0.1, 0.15) is 11.5 Å². The van der Waals surface area contributed by atoms with Crippen LogP contribution in [-0.4, -0.2) is 27.2 Å². The lowest BCUT2D eigenvalue weighted by Gasteiger charge is -2.26. The lowest BCUT2D eigenvalue weighted by Crippen LogP contribution is -2.30. The Morgan fingerprint density at radius 3 is 1.82 bits per heavy atom. The standard InChI is InChI=1S/C24H20N2O8/c1-16(18-4-2-3-17(15-18)5-14-23(27)28)24(33-21-10-6-19(7-11-21)25(29)30)34-22-12-8-20(9-13-22)26(31)32/h2-16,24H,1H3,(H,27,28). The van der Waals surface area contributed by atoms with Crippen molar-refractivity contribution in [1.82, 2.24) is 0 Å². The van der Waals surface area contributed by atoms with Crippen molar-refractivity contribution in [2.45, 2.75) is 19.1 Å². The molecule has 3 aromatic rings. The minimum absolute atomic E-state index is 0.0915. The molecule has 1 N–H and O–H groups in total. The predicted octanol–water partition coefficient (Wildman–Crippen LogP) is 5.19. The van der Waals surface area contributed by atoms with Gasteiger partial charge in [-0.15, -0.1) is 0 Å². The molecule has 0 heterocycles. The van der Waals surface area contributed by atoms with Crippen molar-refractivity contribution < 1.29 is 29.2 Å². The molecule has 0 amide bonds. The Kier molecular flexibility index (Phi) is 7.55. The topological polar surface area (TPSA) is 142 Å². The fourth-order valence-corrected chi connectivity index (χ4v) is 3.06. The molecule has 34 heavy (non-hydrogen) atoms. The predicted molar refractivity (Wildman–Crippen MR) is 123 cm³/mol. The van der Waals surface area contributed by atoms with Gasteiger partial charge in [0.25, 0.3) is 11.4 Å². The van der Waals surface area contributed by atoms with Gasteiger partial charge in [0.05, 0.1) is 15.8 Å². The molecule has 3 rings (SSSR count). The van der Waals surface area contributed by atoms with Gasteiger partial charge in [-0.2, -0.15) is 0 Å². The number of rotatable bonds is 10. The molecule has 174 valence electrons. The van der Waals surface area contributed by atoms with E-state index in [1.165, 1.54) is 54.6 Å². The Labute approximate surface area is 194 Å². The molecule has 10 heteroatoms. The zero-order valence-corrected chi connectivity index (χ0v) is 17.9. The maximum Gasteiger partial charge on any atom is 0.328 e. The number of carboxylic acids is 1. The average Bonchev–Trinajstić information content (AvgIpc) is 2.82. The van der Waals surface area contributed by atoms with Crippen molar-refractivity contribution in [3.8, 4) is 11.5 Å². The van der Waals surface area contributed by atoms with Gasteiger partial charge < -0.3 is 14.6 Å². The largest absolute Gasteiger partial charge is 0.478 e. The summed E-state index contributed by atoms with van der Waals surface area (Å²) >= 11 is 0. The summed E-state index contributed by atoms with van der Waals surface area (Å²) in [6, 6.07) is 18.1. The summed E-state index contributed by atoms with van der Waals surface area (Å²) in [6.07, 6.45) is 1.57. The first-order chi connectivity index (χ1) is 16.2. The number of carboxylic acid groups (broad SMARTS) is 1. The normalized spacial score (nSPS) is 11.8. The highest BCUT2D eigenvalue weighted by molar-refractivity contribution is 5.85. The van der Waals surface area contributed by atoms with Gasteiger partial charge in [0.15, 0.2) is 0 Å². The smallest absolute Gasteiger partial charge is 0.328 e. The summed E-state index contributed by atoms with van der Waals surface area (Å²) < 4.78 is 12.0. The lowest BCUT2D eigenvalue weighted by molar-refractivity contribution is -0.385. The van der Waals surface area contributed by atoms with Crippen LogP contribution in [0.4, 0.5) is 11.4 Å². The maximum absolute atomic E-state index is 10.9.